The van der Waals surface area contributed by atoms with E-state index in [0.717, 1.165) is 25.7 Å². The Kier molecular flexibility index (Phi) is 6.12. The van der Waals surface area contributed by atoms with Gasteiger partial charge >= 0.3 is 5.97 Å². The van der Waals surface area contributed by atoms with E-state index in [2.05, 4.69) is 17.6 Å². The summed E-state index contributed by atoms with van der Waals surface area (Å²) in [5.74, 6) is -0.336. The van der Waals surface area contributed by atoms with Crippen molar-refractivity contribution in [2.45, 2.75) is 64.1 Å². The average Bonchev–Trinajstić information content (AvgIpc) is 3.16. The largest absolute Gasteiger partial charge is 0.468 e. The van der Waals surface area contributed by atoms with E-state index in [1.165, 1.54) is 7.11 Å². The number of unbranched alkanes of at least 4 members (excludes halogenated alkanes) is 1. The molecule has 104 valence electrons. The van der Waals surface area contributed by atoms with Gasteiger partial charge in [0.15, 0.2) is 0 Å². The Hall–Kier alpha value is -1.10. The number of ether oxygens (including phenoxy) is 1. The number of amides is 1. The van der Waals surface area contributed by atoms with Crippen LogP contribution in [0.3, 0.4) is 0 Å². The Balaban J connectivity index is 2.41. The molecule has 18 heavy (non-hydrogen) atoms. The van der Waals surface area contributed by atoms with Crippen molar-refractivity contribution >= 4 is 11.9 Å². The SMILES string of the molecule is CCCCC(NC(C)C(=O)NC1CC1)C(=O)OC. The molecule has 0 spiro atoms. The maximum atomic E-state index is 11.8. The van der Waals surface area contributed by atoms with Crippen molar-refractivity contribution in [2.24, 2.45) is 0 Å². The van der Waals surface area contributed by atoms with Gasteiger partial charge in [-0.25, -0.2) is 0 Å². The summed E-state index contributed by atoms with van der Waals surface area (Å²) in [6.45, 7) is 3.84. The number of rotatable bonds is 8. The third kappa shape index (κ3) is 5.04. The topological polar surface area (TPSA) is 67.4 Å². The van der Waals surface area contributed by atoms with Gasteiger partial charge in [-0.05, 0) is 26.2 Å². The lowest BCUT2D eigenvalue weighted by atomic mass is 10.1. The Bertz CT molecular complexity index is 290. The second kappa shape index (κ2) is 7.36. The molecule has 5 heteroatoms. The fourth-order valence-corrected chi connectivity index (χ4v) is 1.75. The van der Waals surface area contributed by atoms with Gasteiger partial charge in [0.1, 0.15) is 6.04 Å². The number of hydrogen-bond donors (Lipinski definition) is 2. The monoisotopic (exact) mass is 256 g/mol. The van der Waals surface area contributed by atoms with Crippen molar-refractivity contribution < 1.29 is 14.3 Å². The van der Waals surface area contributed by atoms with E-state index in [4.69, 9.17) is 4.74 Å². The van der Waals surface area contributed by atoms with Crippen LogP contribution >= 0.6 is 0 Å². The number of hydrogen-bond acceptors (Lipinski definition) is 4. The Labute approximate surface area is 109 Å². The highest BCUT2D eigenvalue weighted by Crippen LogP contribution is 2.18. The zero-order valence-electron chi connectivity index (χ0n) is 11.5. The quantitative estimate of drug-likeness (QED) is 0.635. The maximum absolute atomic E-state index is 11.8. The molecule has 0 radical (unpaired) electrons. The Morgan fingerprint density at radius 3 is 2.56 bits per heavy atom. The molecule has 2 atom stereocenters. The lowest BCUT2D eigenvalue weighted by Gasteiger charge is -2.20. The van der Waals surface area contributed by atoms with Gasteiger partial charge < -0.3 is 10.1 Å². The molecule has 1 rings (SSSR count). The molecule has 0 aromatic carbocycles. The minimum atomic E-state index is -0.394. The van der Waals surface area contributed by atoms with Crippen LogP contribution in [-0.4, -0.2) is 37.1 Å². The van der Waals surface area contributed by atoms with Gasteiger partial charge in [0.05, 0.1) is 13.2 Å². The smallest absolute Gasteiger partial charge is 0.322 e. The minimum Gasteiger partial charge on any atom is -0.468 e. The van der Waals surface area contributed by atoms with E-state index < -0.39 is 6.04 Å². The van der Waals surface area contributed by atoms with Crippen LogP contribution in [0.25, 0.3) is 0 Å². The summed E-state index contributed by atoms with van der Waals surface area (Å²) < 4.78 is 4.75. The predicted octanol–water partition coefficient (Wildman–Crippen LogP) is 0.975. The maximum Gasteiger partial charge on any atom is 0.322 e. The molecule has 0 aromatic heterocycles. The molecule has 0 saturated heterocycles. The molecule has 1 amide bonds. The average molecular weight is 256 g/mol. The molecule has 0 aliphatic heterocycles. The van der Waals surface area contributed by atoms with E-state index in [1.807, 2.05) is 0 Å². The normalized spacial score (nSPS) is 17.9. The highest BCUT2D eigenvalue weighted by Gasteiger charge is 2.28. The second-order valence-electron chi connectivity index (χ2n) is 4.89. The Morgan fingerprint density at radius 1 is 1.39 bits per heavy atom. The standard InChI is InChI=1S/C13H24N2O3/c1-4-5-6-11(13(17)18-3)14-9(2)12(16)15-10-7-8-10/h9-11,14H,4-8H2,1-3H3,(H,15,16). The van der Waals surface area contributed by atoms with Crippen LogP contribution in [0.4, 0.5) is 0 Å². The van der Waals surface area contributed by atoms with Crippen molar-refractivity contribution in [1.82, 2.24) is 10.6 Å². The van der Waals surface area contributed by atoms with Gasteiger partial charge in [0.2, 0.25) is 5.91 Å². The number of nitrogens with one attached hydrogen (secondary N) is 2. The molecule has 2 unspecified atom stereocenters. The van der Waals surface area contributed by atoms with Gasteiger partial charge in [-0.1, -0.05) is 19.8 Å². The summed E-state index contributed by atoms with van der Waals surface area (Å²) in [5, 5.41) is 5.97. The first-order valence-electron chi connectivity index (χ1n) is 6.72. The van der Waals surface area contributed by atoms with E-state index >= 15 is 0 Å². The molecule has 1 saturated carbocycles. The van der Waals surface area contributed by atoms with Crippen molar-refractivity contribution in [3.05, 3.63) is 0 Å². The second-order valence-corrected chi connectivity index (χ2v) is 4.89. The van der Waals surface area contributed by atoms with Crippen LogP contribution in [0.2, 0.25) is 0 Å². The summed E-state index contributed by atoms with van der Waals surface area (Å²) in [5.41, 5.74) is 0. The van der Waals surface area contributed by atoms with Gasteiger partial charge in [-0.15, -0.1) is 0 Å². The third-order valence-corrected chi connectivity index (χ3v) is 3.10. The van der Waals surface area contributed by atoms with Gasteiger partial charge in [-0.2, -0.15) is 0 Å². The van der Waals surface area contributed by atoms with Crippen LogP contribution in [-0.2, 0) is 14.3 Å². The first-order chi connectivity index (χ1) is 8.58. The van der Waals surface area contributed by atoms with Crippen molar-refractivity contribution in [3.8, 4) is 0 Å². The van der Waals surface area contributed by atoms with E-state index in [-0.39, 0.29) is 17.9 Å². The van der Waals surface area contributed by atoms with Gasteiger partial charge in [0.25, 0.3) is 0 Å². The summed E-state index contributed by atoms with van der Waals surface area (Å²) in [7, 11) is 1.37. The molecule has 2 N–H and O–H groups in total. The van der Waals surface area contributed by atoms with Gasteiger partial charge in [-0.3, -0.25) is 14.9 Å². The van der Waals surface area contributed by atoms with E-state index in [0.29, 0.717) is 12.5 Å². The summed E-state index contributed by atoms with van der Waals surface area (Å²) in [6, 6.07) is -0.421. The van der Waals surface area contributed by atoms with Crippen molar-refractivity contribution in [1.29, 1.82) is 0 Å². The first-order valence-corrected chi connectivity index (χ1v) is 6.72. The van der Waals surface area contributed by atoms with Crippen LogP contribution in [0.5, 0.6) is 0 Å². The lowest BCUT2D eigenvalue weighted by Crippen LogP contribution is -2.50. The number of carbonyl (C=O) groups is 2. The highest BCUT2D eigenvalue weighted by atomic mass is 16.5. The minimum absolute atomic E-state index is 0.0390. The van der Waals surface area contributed by atoms with Gasteiger partial charge in [0, 0.05) is 6.04 Å². The molecule has 1 fully saturated rings. The summed E-state index contributed by atoms with van der Waals surface area (Å²) in [4.78, 5) is 23.4. The number of methoxy groups -OCH3 is 1. The molecule has 0 aromatic rings. The molecular formula is C13H24N2O3. The van der Waals surface area contributed by atoms with Crippen molar-refractivity contribution in [2.75, 3.05) is 7.11 Å². The molecule has 1 aliphatic rings. The van der Waals surface area contributed by atoms with Crippen LogP contribution in [0, 0.1) is 0 Å². The predicted molar refractivity (Wildman–Crippen MR) is 69.1 cm³/mol. The molecular weight excluding hydrogens is 232 g/mol. The Morgan fingerprint density at radius 2 is 2.06 bits per heavy atom. The highest BCUT2D eigenvalue weighted by molar-refractivity contribution is 5.83. The van der Waals surface area contributed by atoms with Crippen molar-refractivity contribution in [3.63, 3.8) is 0 Å². The number of carbonyl (C=O) groups excluding carboxylic acids is 2. The molecule has 0 heterocycles. The first kappa shape index (κ1) is 15.0. The lowest BCUT2D eigenvalue weighted by molar-refractivity contribution is -0.143. The molecule has 1 aliphatic carbocycles. The van der Waals surface area contributed by atoms with Crippen LogP contribution in [0.1, 0.15) is 46.0 Å². The third-order valence-electron chi connectivity index (χ3n) is 3.10. The van der Waals surface area contributed by atoms with Crippen LogP contribution in [0.15, 0.2) is 0 Å². The summed E-state index contributed by atoms with van der Waals surface area (Å²) in [6.07, 6.45) is 4.77. The zero-order valence-corrected chi connectivity index (χ0v) is 11.5. The zero-order chi connectivity index (χ0) is 13.5. The van der Waals surface area contributed by atoms with Crippen LogP contribution < -0.4 is 10.6 Å². The van der Waals surface area contributed by atoms with E-state index in [9.17, 15) is 9.59 Å². The summed E-state index contributed by atoms with van der Waals surface area (Å²) >= 11 is 0. The van der Waals surface area contributed by atoms with E-state index in [1.54, 1.807) is 6.92 Å². The fraction of sp³-hybridized carbons (Fsp3) is 0.846. The fourth-order valence-electron chi connectivity index (χ4n) is 1.75. The number of esters is 1. The molecule has 5 nitrogen and oxygen atoms in total. The molecule has 0 bridgehead atoms.